The van der Waals surface area contributed by atoms with Crippen molar-refractivity contribution in [3.05, 3.63) is 54.4 Å². The summed E-state index contributed by atoms with van der Waals surface area (Å²) in [5, 5.41) is 4.17. The van der Waals surface area contributed by atoms with Gasteiger partial charge in [0.25, 0.3) is 0 Å². The van der Waals surface area contributed by atoms with Gasteiger partial charge in [-0.25, -0.2) is 0 Å². The van der Waals surface area contributed by atoms with E-state index >= 15 is 0 Å². The molecule has 1 aliphatic rings. The number of ether oxygens (including phenoxy) is 1. The molecule has 3 rings (SSSR count). The number of amides is 1. The molecule has 0 spiro atoms. The highest BCUT2D eigenvalue weighted by Crippen LogP contribution is 2.16. The molecule has 2 aromatic rings. The Labute approximate surface area is 129 Å². The van der Waals surface area contributed by atoms with Crippen LogP contribution in [0.15, 0.2) is 48.8 Å². The van der Waals surface area contributed by atoms with E-state index in [1.165, 1.54) is 0 Å². The van der Waals surface area contributed by atoms with Crippen molar-refractivity contribution in [3.63, 3.8) is 0 Å². The van der Waals surface area contributed by atoms with Gasteiger partial charge in [-0.05, 0) is 11.6 Å². The molecule has 6 heteroatoms. The molecule has 2 unspecified atom stereocenters. The van der Waals surface area contributed by atoms with Crippen LogP contribution in [0.4, 0.5) is 0 Å². The van der Waals surface area contributed by atoms with Crippen molar-refractivity contribution in [2.75, 3.05) is 19.7 Å². The Kier molecular flexibility index (Phi) is 4.50. The van der Waals surface area contributed by atoms with Gasteiger partial charge in [0.2, 0.25) is 5.91 Å². The average molecular weight is 300 g/mol. The van der Waals surface area contributed by atoms with Crippen LogP contribution in [0.25, 0.3) is 0 Å². The van der Waals surface area contributed by atoms with E-state index in [0.717, 1.165) is 5.56 Å². The normalized spacial score (nSPS) is 19.9. The maximum atomic E-state index is 12.6. The van der Waals surface area contributed by atoms with E-state index in [4.69, 9.17) is 10.5 Å². The van der Waals surface area contributed by atoms with Crippen LogP contribution >= 0.6 is 0 Å². The summed E-state index contributed by atoms with van der Waals surface area (Å²) in [5.74, 6) is -0.0556. The third kappa shape index (κ3) is 3.35. The van der Waals surface area contributed by atoms with Crippen LogP contribution < -0.4 is 5.73 Å². The van der Waals surface area contributed by atoms with Crippen LogP contribution in [0.1, 0.15) is 11.6 Å². The van der Waals surface area contributed by atoms with Crippen LogP contribution in [0, 0.1) is 0 Å². The molecule has 2 N–H and O–H groups in total. The fourth-order valence-electron chi connectivity index (χ4n) is 2.65. The molecule has 1 aromatic heterocycles. The second-order valence-electron chi connectivity index (χ2n) is 5.39. The minimum atomic E-state index is -0.621. The number of hydrogen-bond acceptors (Lipinski definition) is 4. The number of carbonyl (C=O) groups excluding carboxylic acids is 1. The molecule has 6 nitrogen and oxygen atoms in total. The average Bonchev–Trinajstić information content (AvgIpc) is 3.07. The first kappa shape index (κ1) is 14.7. The number of nitrogens with zero attached hydrogens (tertiary/aromatic N) is 3. The minimum absolute atomic E-state index is 0.0550. The number of morpholine rings is 1. The number of benzene rings is 1. The van der Waals surface area contributed by atoms with Gasteiger partial charge >= 0.3 is 0 Å². The molecule has 1 aromatic carbocycles. The summed E-state index contributed by atoms with van der Waals surface area (Å²) in [6, 6.07) is 10.7. The van der Waals surface area contributed by atoms with Gasteiger partial charge in [0.15, 0.2) is 0 Å². The second kappa shape index (κ2) is 6.72. The molecule has 1 saturated heterocycles. The molecule has 2 heterocycles. The zero-order valence-electron chi connectivity index (χ0n) is 12.3. The first-order chi connectivity index (χ1) is 10.7. The molecule has 1 fully saturated rings. The smallest absolute Gasteiger partial charge is 0.244 e. The predicted octanol–water partition coefficient (Wildman–Crippen LogP) is 0.811. The van der Waals surface area contributed by atoms with E-state index in [1.807, 2.05) is 47.3 Å². The molecule has 2 atom stereocenters. The molecule has 22 heavy (non-hydrogen) atoms. The van der Waals surface area contributed by atoms with E-state index in [1.54, 1.807) is 11.1 Å². The van der Waals surface area contributed by atoms with E-state index < -0.39 is 6.04 Å². The Morgan fingerprint density at radius 2 is 2.18 bits per heavy atom. The quantitative estimate of drug-likeness (QED) is 0.907. The molecule has 0 radical (unpaired) electrons. The first-order valence-electron chi connectivity index (χ1n) is 7.42. The van der Waals surface area contributed by atoms with Crippen LogP contribution in [0.5, 0.6) is 0 Å². The summed E-state index contributed by atoms with van der Waals surface area (Å²) < 4.78 is 7.54. The highest BCUT2D eigenvalue weighted by Gasteiger charge is 2.28. The molecular formula is C16H20N4O2. The summed E-state index contributed by atoms with van der Waals surface area (Å²) in [7, 11) is 0. The van der Waals surface area contributed by atoms with Crippen molar-refractivity contribution in [1.29, 1.82) is 0 Å². The number of aromatic nitrogens is 2. The third-order valence-corrected chi connectivity index (χ3v) is 3.83. The fraction of sp³-hybridized carbons (Fsp3) is 0.375. The molecule has 0 bridgehead atoms. The largest absolute Gasteiger partial charge is 0.373 e. The monoisotopic (exact) mass is 300 g/mol. The lowest BCUT2D eigenvalue weighted by molar-refractivity contribution is -0.140. The molecule has 116 valence electrons. The Balaban J connectivity index is 1.62. The molecule has 0 aliphatic carbocycles. The molecule has 0 saturated carbocycles. The van der Waals surface area contributed by atoms with Gasteiger partial charge in [-0.3, -0.25) is 9.48 Å². The Hall–Kier alpha value is -2.18. The lowest BCUT2D eigenvalue weighted by Crippen LogP contribution is -2.49. The van der Waals surface area contributed by atoms with Crippen LogP contribution in [0.3, 0.4) is 0 Å². The van der Waals surface area contributed by atoms with Gasteiger partial charge < -0.3 is 15.4 Å². The van der Waals surface area contributed by atoms with E-state index in [9.17, 15) is 4.79 Å². The summed E-state index contributed by atoms with van der Waals surface area (Å²) in [6.07, 6.45) is 3.57. The number of carbonyl (C=O) groups is 1. The van der Waals surface area contributed by atoms with Crippen molar-refractivity contribution < 1.29 is 9.53 Å². The molecular weight excluding hydrogens is 280 g/mol. The van der Waals surface area contributed by atoms with Gasteiger partial charge in [-0.2, -0.15) is 5.10 Å². The fourth-order valence-corrected chi connectivity index (χ4v) is 2.65. The Morgan fingerprint density at radius 1 is 1.36 bits per heavy atom. The van der Waals surface area contributed by atoms with Gasteiger partial charge in [0, 0.05) is 25.5 Å². The Bertz CT molecular complexity index is 600. The summed E-state index contributed by atoms with van der Waals surface area (Å²) in [5.41, 5.74) is 6.94. The van der Waals surface area contributed by atoms with Crippen molar-refractivity contribution in [2.45, 2.75) is 18.7 Å². The van der Waals surface area contributed by atoms with Crippen LogP contribution in [-0.4, -0.2) is 46.4 Å². The number of nitrogens with two attached hydrogens (primary N) is 1. The van der Waals surface area contributed by atoms with E-state index in [0.29, 0.717) is 26.2 Å². The summed E-state index contributed by atoms with van der Waals surface area (Å²) in [6.45, 7) is 2.28. The van der Waals surface area contributed by atoms with Crippen molar-refractivity contribution in [3.8, 4) is 0 Å². The molecule has 1 aliphatic heterocycles. The van der Waals surface area contributed by atoms with Crippen molar-refractivity contribution in [1.82, 2.24) is 14.7 Å². The maximum Gasteiger partial charge on any atom is 0.244 e. The first-order valence-corrected chi connectivity index (χ1v) is 7.42. The van der Waals surface area contributed by atoms with Gasteiger partial charge in [-0.15, -0.1) is 0 Å². The van der Waals surface area contributed by atoms with Crippen LogP contribution in [-0.2, 0) is 16.1 Å². The number of rotatable bonds is 4. The Morgan fingerprint density at radius 3 is 2.91 bits per heavy atom. The zero-order valence-corrected chi connectivity index (χ0v) is 12.3. The van der Waals surface area contributed by atoms with E-state index in [-0.39, 0.29) is 12.0 Å². The van der Waals surface area contributed by atoms with Crippen LogP contribution in [0.2, 0.25) is 0 Å². The SMILES string of the molecule is NC(C(=O)N1CCOC(Cn2cccn2)C1)c1ccccc1. The topological polar surface area (TPSA) is 73.4 Å². The van der Waals surface area contributed by atoms with Crippen molar-refractivity contribution in [2.24, 2.45) is 5.73 Å². The van der Waals surface area contributed by atoms with Gasteiger partial charge in [0.05, 0.1) is 19.3 Å². The highest BCUT2D eigenvalue weighted by atomic mass is 16.5. The lowest BCUT2D eigenvalue weighted by atomic mass is 10.1. The number of hydrogen-bond donors (Lipinski definition) is 1. The van der Waals surface area contributed by atoms with Crippen molar-refractivity contribution >= 4 is 5.91 Å². The standard InChI is InChI=1S/C16H20N4O2/c17-15(13-5-2-1-3-6-13)16(21)19-9-10-22-14(11-19)12-20-8-4-7-18-20/h1-8,14-15H,9-12,17H2. The summed E-state index contributed by atoms with van der Waals surface area (Å²) in [4.78, 5) is 14.4. The maximum absolute atomic E-state index is 12.6. The highest BCUT2D eigenvalue weighted by molar-refractivity contribution is 5.83. The lowest BCUT2D eigenvalue weighted by Gasteiger charge is -2.34. The van der Waals surface area contributed by atoms with Gasteiger partial charge in [0.1, 0.15) is 6.04 Å². The summed E-state index contributed by atoms with van der Waals surface area (Å²) >= 11 is 0. The molecule has 1 amide bonds. The predicted molar refractivity (Wildman–Crippen MR) is 81.9 cm³/mol. The second-order valence-corrected chi connectivity index (χ2v) is 5.39. The van der Waals surface area contributed by atoms with E-state index in [2.05, 4.69) is 5.10 Å². The van der Waals surface area contributed by atoms with Gasteiger partial charge in [-0.1, -0.05) is 30.3 Å². The third-order valence-electron chi connectivity index (χ3n) is 3.83. The zero-order chi connectivity index (χ0) is 15.4. The minimum Gasteiger partial charge on any atom is -0.373 e.